The Bertz CT molecular complexity index is 932. The van der Waals surface area contributed by atoms with Gasteiger partial charge in [0, 0.05) is 17.3 Å². The second-order valence-corrected chi connectivity index (χ2v) is 7.76. The molecule has 0 bridgehead atoms. The summed E-state index contributed by atoms with van der Waals surface area (Å²) < 4.78 is 3.26. The van der Waals surface area contributed by atoms with Crippen molar-refractivity contribution in [1.29, 1.82) is 0 Å². The van der Waals surface area contributed by atoms with Crippen LogP contribution in [0.1, 0.15) is 36.0 Å². The first-order chi connectivity index (χ1) is 10.8. The zero-order valence-electron chi connectivity index (χ0n) is 14.5. The highest BCUT2D eigenvalue weighted by molar-refractivity contribution is 7.18. The molecule has 7 heteroatoms. The van der Waals surface area contributed by atoms with Crippen molar-refractivity contribution in [2.24, 2.45) is 0 Å². The van der Waals surface area contributed by atoms with Gasteiger partial charge in [0.05, 0.1) is 11.9 Å². The second-order valence-electron chi connectivity index (χ2n) is 6.56. The molecule has 0 spiro atoms. The first kappa shape index (κ1) is 16.1. The monoisotopic (exact) mass is 333 g/mol. The predicted octanol–water partition coefficient (Wildman–Crippen LogP) is 2.41. The lowest BCUT2D eigenvalue weighted by Gasteiger charge is -2.08. The topological polar surface area (TPSA) is 55.4 Å². The lowest BCUT2D eigenvalue weighted by Crippen LogP contribution is -2.28. The molecule has 0 fully saturated rings. The maximum atomic E-state index is 12.8. The van der Waals surface area contributed by atoms with Crippen molar-refractivity contribution in [1.82, 2.24) is 24.1 Å². The molecule has 0 unspecified atom stereocenters. The molecular weight excluding hydrogens is 310 g/mol. The Balaban J connectivity index is 2.36. The predicted molar refractivity (Wildman–Crippen MR) is 94.7 cm³/mol. The minimum Gasteiger partial charge on any atom is -0.308 e. The number of fused-ring (bicyclic) bond motifs is 3. The summed E-state index contributed by atoms with van der Waals surface area (Å²) in [5.74, 6) is 0.948. The van der Waals surface area contributed by atoms with E-state index in [0.29, 0.717) is 6.54 Å². The van der Waals surface area contributed by atoms with Crippen molar-refractivity contribution in [2.75, 3.05) is 20.6 Å². The van der Waals surface area contributed by atoms with Crippen molar-refractivity contribution < 1.29 is 0 Å². The minimum atomic E-state index is -0.0943. The largest absolute Gasteiger partial charge is 0.351 e. The summed E-state index contributed by atoms with van der Waals surface area (Å²) in [7, 11) is 3.99. The van der Waals surface area contributed by atoms with Crippen molar-refractivity contribution in [3.05, 3.63) is 26.7 Å². The number of likely N-dealkylation sites (N-methyl/N-ethyl adjacent to an activating group) is 1. The molecule has 0 atom stereocenters. The summed E-state index contributed by atoms with van der Waals surface area (Å²) in [5.41, 5.74) is 1.81. The first-order valence-electron chi connectivity index (χ1n) is 7.85. The molecule has 3 rings (SSSR count). The van der Waals surface area contributed by atoms with E-state index >= 15 is 0 Å². The van der Waals surface area contributed by atoms with E-state index in [1.54, 1.807) is 20.4 Å². The number of nitrogens with zero attached hydrogens (tertiary/aromatic N) is 5. The lowest BCUT2D eigenvalue weighted by molar-refractivity contribution is 0.369. The van der Waals surface area contributed by atoms with Crippen LogP contribution in [0.15, 0.2) is 4.79 Å². The summed E-state index contributed by atoms with van der Waals surface area (Å²) in [6.45, 7) is 9.64. The van der Waals surface area contributed by atoms with Crippen LogP contribution in [0.3, 0.4) is 0 Å². The van der Waals surface area contributed by atoms with Crippen LogP contribution in [0, 0.1) is 13.8 Å². The molecule has 0 aliphatic rings. The van der Waals surface area contributed by atoms with Crippen molar-refractivity contribution >= 4 is 27.2 Å². The fourth-order valence-electron chi connectivity index (χ4n) is 2.71. The number of aryl methyl sites for hydroxylation is 2. The fourth-order valence-corrected chi connectivity index (χ4v) is 3.74. The van der Waals surface area contributed by atoms with E-state index in [1.807, 2.05) is 19.0 Å². The summed E-state index contributed by atoms with van der Waals surface area (Å²) in [6, 6.07) is 0. The zero-order valence-corrected chi connectivity index (χ0v) is 15.4. The van der Waals surface area contributed by atoms with Crippen LogP contribution >= 0.6 is 11.3 Å². The Kier molecular flexibility index (Phi) is 4.01. The molecule has 0 saturated heterocycles. The molecule has 124 valence electrons. The van der Waals surface area contributed by atoms with Gasteiger partial charge in [-0.2, -0.15) is 0 Å². The van der Waals surface area contributed by atoms with Crippen LogP contribution < -0.4 is 5.69 Å². The number of hydrogen-bond acceptors (Lipinski definition) is 5. The van der Waals surface area contributed by atoms with Crippen molar-refractivity contribution in [2.45, 2.75) is 40.2 Å². The molecule has 0 aromatic carbocycles. The van der Waals surface area contributed by atoms with Crippen molar-refractivity contribution in [3.63, 3.8) is 0 Å². The highest BCUT2D eigenvalue weighted by atomic mass is 32.1. The van der Waals surface area contributed by atoms with Gasteiger partial charge < -0.3 is 4.90 Å². The van der Waals surface area contributed by atoms with Gasteiger partial charge in [0.2, 0.25) is 0 Å². The van der Waals surface area contributed by atoms with E-state index in [0.717, 1.165) is 28.2 Å². The van der Waals surface area contributed by atoms with Crippen LogP contribution in [0.4, 0.5) is 0 Å². The SMILES string of the molecule is Cc1sc2nc(C(C)C)n3c(=O)n(CCN(C)C)nc3c2c1C. The van der Waals surface area contributed by atoms with Crippen molar-refractivity contribution in [3.8, 4) is 0 Å². The maximum absolute atomic E-state index is 12.8. The van der Waals surface area contributed by atoms with Gasteiger partial charge in [0.25, 0.3) is 0 Å². The molecule has 6 nitrogen and oxygen atoms in total. The van der Waals surface area contributed by atoms with Gasteiger partial charge >= 0.3 is 5.69 Å². The summed E-state index contributed by atoms with van der Waals surface area (Å²) in [5, 5.41) is 5.65. The highest BCUT2D eigenvalue weighted by Crippen LogP contribution is 2.32. The van der Waals surface area contributed by atoms with Crippen LogP contribution in [0.25, 0.3) is 15.9 Å². The smallest absolute Gasteiger partial charge is 0.308 e. The number of aromatic nitrogens is 4. The molecule has 0 N–H and O–H groups in total. The molecule has 0 radical (unpaired) electrons. The summed E-state index contributed by atoms with van der Waals surface area (Å²) >= 11 is 1.67. The number of thiophene rings is 1. The molecule has 0 amide bonds. The Morgan fingerprint density at radius 1 is 1.26 bits per heavy atom. The molecule has 0 saturated carbocycles. The van der Waals surface area contributed by atoms with Gasteiger partial charge in [-0.1, -0.05) is 13.8 Å². The van der Waals surface area contributed by atoms with Gasteiger partial charge in [0.1, 0.15) is 10.7 Å². The average Bonchev–Trinajstić information content (AvgIpc) is 2.94. The van der Waals surface area contributed by atoms with Crippen LogP contribution in [0.2, 0.25) is 0 Å². The van der Waals surface area contributed by atoms with Crippen LogP contribution in [0.5, 0.6) is 0 Å². The van der Waals surface area contributed by atoms with Gasteiger partial charge in [-0.15, -0.1) is 16.4 Å². The second kappa shape index (κ2) is 5.72. The number of rotatable bonds is 4. The third kappa shape index (κ3) is 2.57. The molecule has 3 heterocycles. The van der Waals surface area contributed by atoms with Gasteiger partial charge in [-0.25, -0.2) is 18.9 Å². The van der Waals surface area contributed by atoms with E-state index in [4.69, 9.17) is 4.98 Å². The third-order valence-corrected chi connectivity index (χ3v) is 5.25. The molecule has 3 aromatic heterocycles. The molecule has 3 aromatic rings. The van der Waals surface area contributed by atoms with E-state index < -0.39 is 0 Å². The highest BCUT2D eigenvalue weighted by Gasteiger charge is 2.20. The Morgan fingerprint density at radius 3 is 2.57 bits per heavy atom. The van der Waals surface area contributed by atoms with E-state index in [9.17, 15) is 4.79 Å². The van der Waals surface area contributed by atoms with E-state index in [1.165, 1.54) is 10.4 Å². The van der Waals surface area contributed by atoms with E-state index in [-0.39, 0.29) is 11.6 Å². The summed E-state index contributed by atoms with van der Waals surface area (Å²) in [6.07, 6.45) is 0. The molecule has 0 aliphatic heterocycles. The average molecular weight is 333 g/mol. The normalized spacial score (nSPS) is 12.3. The molecule has 23 heavy (non-hydrogen) atoms. The summed E-state index contributed by atoms with van der Waals surface area (Å²) in [4.78, 5) is 21.9. The Hall–Kier alpha value is -1.73. The Morgan fingerprint density at radius 2 is 1.96 bits per heavy atom. The third-order valence-electron chi connectivity index (χ3n) is 4.15. The Labute approximate surface area is 139 Å². The molecular formula is C16H23N5OS. The van der Waals surface area contributed by atoms with Crippen LogP contribution in [-0.4, -0.2) is 44.7 Å². The fraction of sp³-hybridized carbons (Fsp3) is 0.562. The maximum Gasteiger partial charge on any atom is 0.351 e. The lowest BCUT2D eigenvalue weighted by atomic mass is 10.2. The van der Waals surface area contributed by atoms with Crippen LogP contribution in [-0.2, 0) is 6.54 Å². The first-order valence-corrected chi connectivity index (χ1v) is 8.66. The van der Waals surface area contributed by atoms with E-state index in [2.05, 4.69) is 32.8 Å². The minimum absolute atomic E-state index is 0.0943. The quantitative estimate of drug-likeness (QED) is 0.736. The zero-order chi connectivity index (χ0) is 16.9. The molecule has 0 aliphatic carbocycles. The number of hydrogen-bond donors (Lipinski definition) is 0. The van der Waals surface area contributed by atoms with Gasteiger partial charge in [-0.05, 0) is 33.5 Å². The van der Waals surface area contributed by atoms with Gasteiger partial charge in [0.15, 0.2) is 5.65 Å². The standard InChI is InChI=1S/C16H23N5OS/c1-9(2)13-17-15-12(10(3)11(4)23-15)14-18-20(8-7-19(5)6)16(22)21(13)14/h9H,7-8H2,1-6H3. The van der Waals surface area contributed by atoms with Gasteiger partial charge in [-0.3, -0.25) is 0 Å².